The Morgan fingerprint density at radius 3 is 2.75 bits per heavy atom. The van der Waals surface area contributed by atoms with Gasteiger partial charge in [-0.05, 0) is 48.1 Å². The van der Waals surface area contributed by atoms with Crippen LogP contribution in [0.4, 0.5) is 11.5 Å². The van der Waals surface area contributed by atoms with E-state index in [0.29, 0.717) is 0 Å². The first-order valence-electron chi connectivity index (χ1n) is 9.54. The second kappa shape index (κ2) is 6.12. The van der Waals surface area contributed by atoms with E-state index < -0.39 is 0 Å². The first-order valence-corrected chi connectivity index (χ1v) is 10.5. The van der Waals surface area contributed by atoms with Crippen LogP contribution < -0.4 is 4.90 Å². The normalized spacial score (nSPS) is 18.1. The molecule has 1 spiro atoms. The lowest BCUT2D eigenvalue weighted by molar-refractivity contribution is 0.0558. The fourth-order valence-corrected chi connectivity index (χ4v) is 5.15. The van der Waals surface area contributed by atoms with E-state index in [0.717, 1.165) is 55.5 Å². The van der Waals surface area contributed by atoms with E-state index in [9.17, 15) is 0 Å². The number of nitrogens with zero attached hydrogens (tertiary/aromatic N) is 5. The maximum absolute atomic E-state index is 5.66. The molecule has 28 heavy (non-hydrogen) atoms. The van der Waals surface area contributed by atoms with Gasteiger partial charge in [-0.15, -0.1) is 15.3 Å². The predicted octanol–water partition coefficient (Wildman–Crippen LogP) is 4.05. The Morgan fingerprint density at radius 2 is 1.89 bits per heavy atom. The zero-order valence-electron chi connectivity index (χ0n) is 15.3. The van der Waals surface area contributed by atoms with Crippen molar-refractivity contribution < 1.29 is 4.74 Å². The lowest BCUT2D eigenvalue weighted by Crippen LogP contribution is -2.37. The number of thiophene rings is 1. The molecule has 1 aromatic carbocycles. The van der Waals surface area contributed by atoms with Gasteiger partial charge in [0.25, 0.3) is 0 Å². The average Bonchev–Trinajstić information content (AvgIpc) is 3.47. The van der Waals surface area contributed by atoms with Gasteiger partial charge in [0.2, 0.25) is 0 Å². The molecule has 1 saturated heterocycles. The van der Waals surface area contributed by atoms with Crippen molar-refractivity contribution in [3.63, 3.8) is 0 Å². The molecule has 6 nitrogen and oxygen atoms in total. The highest BCUT2D eigenvalue weighted by Gasteiger charge is 2.44. The highest BCUT2D eigenvalue weighted by Crippen LogP contribution is 2.48. The largest absolute Gasteiger partial charge is 0.381 e. The first kappa shape index (κ1) is 16.2. The minimum absolute atomic E-state index is 0.148. The van der Waals surface area contributed by atoms with Crippen LogP contribution in [0.3, 0.4) is 0 Å². The summed E-state index contributed by atoms with van der Waals surface area (Å²) in [4.78, 5) is 2.34. The van der Waals surface area contributed by atoms with Gasteiger partial charge >= 0.3 is 0 Å². The monoisotopic (exact) mass is 389 g/mol. The summed E-state index contributed by atoms with van der Waals surface area (Å²) in [6, 6.07) is 14.8. The van der Waals surface area contributed by atoms with Gasteiger partial charge in [0.1, 0.15) is 0 Å². The van der Waals surface area contributed by atoms with Crippen LogP contribution in [-0.4, -0.2) is 39.6 Å². The van der Waals surface area contributed by atoms with Crippen molar-refractivity contribution in [3.8, 4) is 11.4 Å². The van der Waals surface area contributed by atoms with Crippen LogP contribution in [-0.2, 0) is 10.2 Å². The summed E-state index contributed by atoms with van der Waals surface area (Å²) in [6.45, 7) is 2.58. The Kier molecular flexibility index (Phi) is 3.54. The molecule has 5 heterocycles. The highest BCUT2D eigenvalue weighted by molar-refractivity contribution is 7.08. The Hall–Kier alpha value is -2.77. The predicted molar refractivity (Wildman–Crippen MR) is 109 cm³/mol. The van der Waals surface area contributed by atoms with Crippen molar-refractivity contribution in [2.45, 2.75) is 18.3 Å². The number of fused-ring (bicyclic) bond motifs is 3. The maximum atomic E-state index is 5.66. The number of ether oxygens (including phenoxy) is 1. The molecule has 3 aromatic heterocycles. The molecular formula is C21H19N5OS. The third-order valence-electron chi connectivity index (χ3n) is 5.98. The molecule has 0 radical (unpaired) electrons. The number of benzene rings is 1. The van der Waals surface area contributed by atoms with Crippen LogP contribution in [0.1, 0.15) is 18.4 Å². The van der Waals surface area contributed by atoms with Gasteiger partial charge < -0.3 is 9.64 Å². The standard InChI is InChI=1S/C21H19N5OS/c1-2-4-17-16(3-1)21(8-10-27-11-9-21)14-25(17)19-6-5-18-22-23-20(26(18)24-19)15-7-12-28-13-15/h1-7,12-13H,8-11,14H2. The molecule has 0 bridgehead atoms. The van der Waals surface area contributed by atoms with Gasteiger partial charge in [-0.3, -0.25) is 0 Å². The molecule has 2 aliphatic rings. The third kappa shape index (κ3) is 2.33. The number of hydrogen-bond acceptors (Lipinski definition) is 6. The summed E-state index contributed by atoms with van der Waals surface area (Å²) in [5.74, 6) is 1.71. The van der Waals surface area contributed by atoms with Crippen molar-refractivity contribution in [1.29, 1.82) is 0 Å². The van der Waals surface area contributed by atoms with Crippen molar-refractivity contribution in [1.82, 2.24) is 19.8 Å². The summed E-state index contributed by atoms with van der Waals surface area (Å²) in [7, 11) is 0. The summed E-state index contributed by atoms with van der Waals surface area (Å²) in [5, 5.41) is 17.7. The van der Waals surface area contributed by atoms with Crippen LogP contribution in [0.15, 0.2) is 53.2 Å². The van der Waals surface area contributed by atoms with Gasteiger partial charge in [0.15, 0.2) is 17.3 Å². The van der Waals surface area contributed by atoms with E-state index in [1.54, 1.807) is 11.3 Å². The number of hydrogen-bond donors (Lipinski definition) is 0. The van der Waals surface area contributed by atoms with Crippen molar-refractivity contribution in [2.24, 2.45) is 0 Å². The minimum atomic E-state index is 0.148. The quantitative estimate of drug-likeness (QED) is 0.518. The lowest BCUT2D eigenvalue weighted by Gasteiger charge is -2.34. The summed E-state index contributed by atoms with van der Waals surface area (Å²) in [5.41, 5.74) is 4.63. The second-order valence-electron chi connectivity index (χ2n) is 7.49. The Morgan fingerprint density at radius 1 is 1.00 bits per heavy atom. The molecule has 0 atom stereocenters. The van der Waals surface area contributed by atoms with Crippen molar-refractivity contribution >= 4 is 28.5 Å². The first-order chi connectivity index (χ1) is 13.8. The average molecular weight is 389 g/mol. The SMILES string of the molecule is c1ccc2c(c1)N(c1ccc3nnc(-c4ccsc4)n3n1)CC21CCOCC1. The molecule has 0 aliphatic carbocycles. The van der Waals surface area contributed by atoms with Crippen molar-refractivity contribution in [3.05, 3.63) is 58.8 Å². The highest BCUT2D eigenvalue weighted by atomic mass is 32.1. The Labute approximate surface area is 166 Å². The van der Waals surface area contributed by atoms with Gasteiger partial charge in [0.05, 0.1) is 0 Å². The number of aromatic nitrogens is 4. The molecule has 6 rings (SSSR count). The van der Waals surface area contributed by atoms with E-state index in [2.05, 4.69) is 56.9 Å². The van der Waals surface area contributed by atoms with Crippen LogP contribution in [0, 0.1) is 0 Å². The fraction of sp³-hybridized carbons (Fsp3) is 0.286. The van der Waals surface area contributed by atoms with Crippen LogP contribution >= 0.6 is 11.3 Å². The number of para-hydroxylation sites is 1. The summed E-state index contributed by atoms with van der Waals surface area (Å²) < 4.78 is 7.52. The Balaban J connectivity index is 1.48. The third-order valence-corrected chi connectivity index (χ3v) is 6.66. The van der Waals surface area contributed by atoms with Crippen LogP contribution in [0.5, 0.6) is 0 Å². The molecule has 0 saturated carbocycles. The van der Waals surface area contributed by atoms with E-state index >= 15 is 0 Å². The van der Waals surface area contributed by atoms with Crippen LogP contribution in [0.2, 0.25) is 0 Å². The number of rotatable bonds is 2. The second-order valence-corrected chi connectivity index (χ2v) is 8.27. The van der Waals surface area contributed by atoms with E-state index in [1.165, 1.54) is 11.3 Å². The molecule has 1 fully saturated rings. The van der Waals surface area contributed by atoms with E-state index in [4.69, 9.17) is 9.84 Å². The van der Waals surface area contributed by atoms with E-state index in [1.807, 2.05) is 16.0 Å². The van der Waals surface area contributed by atoms with Crippen molar-refractivity contribution in [2.75, 3.05) is 24.7 Å². The molecule has 4 aromatic rings. The smallest absolute Gasteiger partial charge is 0.186 e. The number of anilines is 2. The lowest BCUT2D eigenvalue weighted by atomic mass is 9.76. The summed E-state index contributed by atoms with van der Waals surface area (Å²) >= 11 is 1.65. The molecule has 7 heteroatoms. The summed E-state index contributed by atoms with van der Waals surface area (Å²) in [6.07, 6.45) is 2.10. The Bertz CT molecular complexity index is 1150. The van der Waals surface area contributed by atoms with Crippen LogP contribution in [0.25, 0.3) is 17.0 Å². The molecular weight excluding hydrogens is 370 g/mol. The zero-order valence-corrected chi connectivity index (χ0v) is 16.1. The molecule has 0 N–H and O–H groups in total. The molecule has 140 valence electrons. The van der Waals surface area contributed by atoms with E-state index in [-0.39, 0.29) is 5.41 Å². The molecule has 2 aliphatic heterocycles. The van der Waals surface area contributed by atoms with Gasteiger partial charge in [-0.2, -0.15) is 15.9 Å². The van der Waals surface area contributed by atoms with Gasteiger partial charge in [-0.1, -0.05) is 18.2 Å². The minimum Gasteiger partial charge on any atom is -0.381 e. The van der Waals surface area contributed by atoms with Gasteiger partial charge in [-0.25, -0.2) is 0 Å². The fourth-order valence-electron chi connectivity index (χ4n) is 4.52. The zero-order chi connectivity index (χ0) is 18.6. The molecule has 0 unspecified atom stereocenters. The molecule has 0 amide bonds. The maximum Gasteiger partial charge on any atom is 0.186 e. The van der Waals surface area contributed by atoms with Gasteiger partial charge in [0, 0.05) is 41.8 Å². The topological polar surface area (TPSA) is 55.6 Å².